The predicted molar refractivity (Wildman–Crippen MR) is 277 cm³/mol. The zero-order valence-corrected chi connectivity index (χ0v) is 43.2. The Labute approximate surface area is 376 Å². The quantitative estimate of drug-likeness (QED) is 0.0422. The van der Waals surface area contributed by atoms with Gasteiger partial charge in [-0.05, 0) is 0 Å². The van der Waals surface area contributed by atoms with Crippen LogP contribution in [0.1, 0.15) is 336 Å². The van der Waals surface area contributed by atoms with Crippen molar-refractivity contribution in [1.82, 2.24) is 0 Å². The summed E-state index contributed by atoms with van der Waals surface area (Å²) in [6.45, 7) is 9.32. The standard InChI is InChI=1S/C56H116ClP/c1-5-9-13-17-21-25-29-33-37-41-45-49-53-58(57,54-50-46-42-38-34-30-26-22-18-14-10-6-2,55-51-47-43-39-35-31-27-23-19-15-11-7-3)56-52-48-44-40-36-32-28-24-20-16-12-8-4/h5-56H2,1-4H3. The van der Waals surface area contributed by atoms with E-state index in [1.165, 1.54) is 333 Å². The van der Waals surface area contributed by atoms with Crippen LogP contribution in [0.2, 0.25) is 0 Å². The number of rotatable bonds is 52. The molecule has 58 heavy (non-hydrogen) atoms. The second-order valence-electron chi connectivity index (χ2n) is 20.3. The van der Waals surface area contributed by atoms with E-state index in [-0.39, 0.29) is 0 Å². The second-order valence-corrected chi connectivity index (χ2v) is 28.6. The first-order valence-electron chi connectivity index (χ1n) is 28.3. The predicted octanol–water partition coefficient (Wildman–Crippen LogP) is 22.5. The summed E-state index contributed by atoms with van der Waals surface area (Å²) in [7, 11) is 0. The SMILES string of the molecule is CCCCCCCCCCCCCCP(Cl)(CCCCCCCCCCCCCC)(CCCCCCCCCCCCCC)CCCCCCCCCCCCCC. The summed E-state index contributed by atoms with van der Waals surface area (Å²) in [6, 6.07) is 0. The Morgan fingerprint density at radius 3 is 0.397 bits per heavy atom. The Balaban J connectivity index is 5.07. The molecule has 352 valence electrons. The van der Waals surface area contributed by atoms with Crippen molar-refractivity contribution >= 4 is 17.2 Å². The molecule has 0 aromatic carbocycles. The zero-order chi connectivity index (χ0) is 42.2. The minimum Gasteiger partial charge on any atom is -0.0654 e. The Hall–Kier alpha value is 0.720. The van der Waals surface area contributed by atoms with E-state index in [4.69, 9.17) is 11.2 Å². The average molecular weight is 856 g/mol. The third-order valence-electron chi connectivity index (χ3n) is 14.3. The molecule has 2 heteroatoms. The molecule has 0 amide bonds. The van der Waals surface area contributed by atoms with E-state index in [0.717, 1.165) is 0 Å². The van der Waals surface area contributed by atoms with Gasteiger partial charge in [0.2, 0.25) is 0 Å². The van der Waals surface area contributed by atoms with Crippen LogP contribution >= 0.6 is 17.2 Å². The minimum atomic E-state index is -2.22. The van der Waals surface area contributed by atoms with Crippen LogP contribution in [0.3, 0.4) is 0 Å². The van der Waals surface area contributed by atoms with E-state index in [0.29, 0.717) is 0 Å². The van der Waals surface area contributed by atoms with Crippen molar-refractivity contribution in [2.75, 3.05) is 24.6 Å². The van der Waals surface area contributed by atoms with Crippen LogP contribution in [-0.2, 0) is 0 Å². The summed E-state index contributed by atoms with van der Waals surface area (Å²) in [5, 5.41) is 0. The Bertz CT molecular complexity index is 625. The van der Waals surface area contributed by atoms with E-state index in [1.807, 2.05) is 0 Å². The first-order chi connectivity index (χ1) is 28.5. The van der Waals surface area contributed by atoms with Crippen molar-refractivity contribution in [2.45, 2.75) is 336 Å². The number of hydrogen-bond donors (Lipinski definition) is 0. The van der Waals surface area contributed by atoms with Gasteiger partial charge in [-0.15, -0.1) is 0 Å². The molecule has 0 radical (unpaired) electrons. The van der Waals surface area contributed by atoms with Crippen LogP contribution in [0, 0.1) is 0 Å². The molecular formula is C56H116ClP. The fourth-order valence-corrected chi connectivity index (χ4v) is 16.9. The molecule has 0 aliphatic heterocycles. The van der Waals surface area contributed by atoms with Gasteiger partial charge in [0.15, 0.2) is 0 Å². The van der Waals surface area contributed by atoms with Crippen LogP contribution in [0.15, 0.2) is 0 Å². The minimum absolute atomic E-state index is 1.37. The van der Waals surface area contributed by atoms with Gasteiger partial charge < -0.3 is 0 Å². The number of hydrogen-bond acceptors (Lipinski definition) is 0. The molecule has 0 aliphatic carbocycles. The molecule has 0 aromatic rings. The molecule has 0 rings (SSSR count). The molecule has 0 N–H and O–H groups in total. The molecule has 0 aliphatic rings. The zero-order valence-electron chi connectivity index (χ0n) is 41.6. The fraction of sp³-hybridized carbons (Fsp3) is 1.00. The van der Waals surface area contributed by atoms with E-state index in [1.54, 1.807) is 0 Å². The fourth-order valence-electron chi connectivity index (χ4n) is 10.1. The average Bonchev–Trinajstić information content (AvgIpc) is 3.22. The number of unbranched alkanes of at least 4 members (excludes halogenated alkanes) is 44. The first-order valence-corrected chi connectivity index (χ1v) is 32.1. The Kier molecular flexibility index (Phi) is 47.8. The first kappa shape index (κ1) is 58.7. The summed E-state index contributed by atoms with van der Waals surface area (Å²) < 4.78 is 0. The van der Waals surface area contributed by atoms with E-state index < -0.39 is 5.96 Å². The molecular weight excluding hydrogens is 739 g/mol. The van der Waals surface area contributed by atoms with Crippen molar-refractivity contribution in [2.24, 2.45) is 0 Å². The van der Waals surface area contributed by atoms with Gasteiger partial charge in [-0.1, -0.05) is 53.4 Å². The van der Waals surface area contributed by atoms with Gasteiger partial charge in [-0.3, -0.25) is 0 Å². The summed E-state index contributed by atoms with van der Waals surface area (Å²) in [5.74, 6) is -2.22. The van der Waals surface area contributed by atoms with E-state index in [9.17, 15) is 0 Å². The molecule has 0 spiro atoms. The molecule has 0 atom stereocenters. The van der Waals surface area contributed by atoms with Gasteiger partial charge in [0.1, 0.15) is 0 Å². The number of halogens is 1. The van der Waals surface area contributed by atoms with Gasteiger partial charge in [0.25, 0.3) is 0 Å². The summed E-state index contributed by atoms with van der Waals surface area (Å²) in [6.07, 6.45) is 75.2. The van der Waals surface area contributed by atoms with Crippen molar-refractivity contribution in [3.05, 3.63) is 0 Å². The third kappa shape index (κ3) is 42.0. The normalized spacial score (nSPS) is 12.7. The summed E-state index contributed by atoms with van der Waals surface area (Å²) in [4.78, 5) is 0. The second kappa shape index (κ2) is 47.2. The van der Waals surface area contributed by atoms with Gasteiger partial charge in [0.05, 0.1) is 0 Å². The molecule has 0 bridgehead atoms. The maximum absolute atomic E-state index is 8.46. The Morgan fingerprint density at radius 1 is 0.172 bits per heavy atom. The molecule has 0 unspecified atom stereocenters. The monoisotopic (exact) mass is 855 g/mol. The smallest absolute Gasteiger partial charge is 0.0654 e. The maximum atomic E-state index is 8.46. The topological polar surface area (TPSA) is 0 Å². The molecule has 0 saturated heterocycles. The van der Waals surface area contributed by atoms with Crippen molar-refractivity contribution in [3.63, 3.8) is 0 Å². The van der Waals surface area contributed by atoms with Crippen molar-refractivity contribution < 1.29 is 0 Å². The third-order valence-corrected chi connectivity index (χ3v) is 22.0. The van der Waals surface area contributed by atoms with Crippen molar-refractivity contribution in [1.29, 1.82) is 0 Å². The summed E-state index contributed by atoms with van der Waals surface area (Å²) >= 11 is 8.46. The molecule has 0 fully saturated rings. The van der Waals surface area contributed by atoms with Gasteiger partial charge in [0, 0.05) is 0 Å². The van der Waals surface area contributed by atoms with Gasteiger partial charge in [-0.2, -0.15) is 0 Å². The molecule has 0 saturated carbocycles. The van der Waals surface area contributed by atoms with Crippen LogP contribution in [0.5, 0.6) is 0 Å². The molecule has 0 nitrogen and oxygen atoms in total. The van der Waals surface area contributed by atoms with E-state index >= 15 is 0 Å². The van der Waals surface area contributed by atoms with Crippen LogP contribution < -0.4 is 0 Å². The summed E-state index contributed by atoms with van der Waals surface area (Å²) in [5.41, 5.74) is 0. The van der Waals surface area contributed by atoms with Crippen LogP contribution in [0.4, 0.5) is 0 Å². The van der Waals surface area contributed by atoms with Gasteiger partial charge >= 0.3 is 324 Å². The molecule has 0 heterocycles. The van der Waals surface area contributed by atoms with Crippen LogP contribution in [-0.4, -0.2) is 24.6 Å². The van der Waals surface area contributed by atoms with Crippen LogP contribution in [0.25, 0.3) is 0 Å². The molecule has 0 aromatic heterocycles. The Morgan fingerprint density at radius 2 is 0.276 bits per heavy atom. The van der Waals surface area contributed by atoms with Gasteiger partial charge in [-0.25, -0.2) is 0 Å². The van der Waals surface area contributed by atoms with E-state index in [2.05, 4.69) is 27.7 Å². The van der Waals surface area contributed by atoms with Crippen molar-refractivity contribution in [3.8, 4) is 0 Å².